The highest BCUT2D eigenvalue weighted by Gasteiger charge is 2.36. The van der Waals surface area contributed by atoms with Gasteiger partial charge in [0, 0.05) is 19.6 Å². The summed E-state index contributed by atoms with van der Waals surface area (Å²) in [6.07, 6.45) is 2.51. The zero-order valence-corrected chi connectivity index (χ0v) is 11.3. The third kappa shape index (κ3) is 3.54. The molecule has 17 heavy (non-hydrogen) atoms. The van der Waals surface area contributed by atoms with Gasteiger partial charge in [-0.3, -0.25) is 9.69 Å². The van der Waals surface area contributed by atoms with Crippen LogP contribution < -0.4 is 5.73 Å². The first-order valence-corrected chi connectivity index (χ1v) is 6.21. The summed E-state index contributed by atoms with van der Waals surface area (Å²) in [5, 5.41) is 0. The van der Waals surface area contributed by atoms with Crippen LogP contribution in [0.25, 0.3) is 0 Å². The Morgan fingerprint density at radius 2 is 2.18 bits per heavy atom. The van der Waals surface area contributed by atoms with Crippen LogP contribution >= 0.6 is 0 Å². The highest BCUT2D eigenvalue weighted by atomic mass is 16.2. The molecule has 1 unspecified atom stereocenters. The number of nitrogens with zero attached hydrogens (tertiary/aromatic N) is 2. The summed E-state index contributed by atoms with van der Waals surface area (Å²) in [6, 6.07) is -0.0817. The molecule has 0 aliphatic carbocycles. The van der Waals surface area contributed by atoms with E-state index in [1.807, 2.05) is 11.9 Å². The lowest BCUT2D eigenvalue weighted by Crippen LogP contribution is -2.45. The largest absolute Gasteiger partial charge is 0.337 e. The van der Waals surface area contributed by atoms with Gasteiger partial charge in [-0.2, -0.15) is 0 Å². The lowest BCUT2D eigenvalue weighted by molar-refractivity contribution is -0.134. The zero-order valence-electron chi connectivity index (χ0n) is 11.3. The second kappa shape index (κ2) is 5.65. The van der Waals surface area contributed by atoms with E-state index in [1.54, 1.807) is 6.08 Å². The minimum absolute atomic E-state index is 0.0817. The molecule has 1 aliphatic heterocycles. The summed E-state index contributed by atoms with van der Waals surface area (Å²) in [5.74, 6) is 0.184. The molecule has 1 fully saturated rings. The fourth-order valence-corrected chi connectivity index (χ4v) is 2.64. The molecule has 1 atom stereocenters. The Morgan fingerprint density at radius 1 is 1.53 bits per heavy atom. The molecule has 0 aromatic heterocycles. The molecule has 1 aliphatic rings. The highest BCUT2D eigenvalue weighted by Crippen LogP contribution is 2.25. The number of nitrogens with two attached hydrogens (primary N) is 1. The minimum Gasteiger partial charge on any atom is -0.337 e. The summed E-state index contributed by atoms with van der Waals surface area (Å²) in [5.41, 5.74) is 5.71. The van der Waals surface area contributed by atoms with Gasteiger partial charge in [-0.25, -0.2) is 0 Å². The number of carbonyl (C=O) groups is 1. The fourth-order valence-electron chi connectivity index (χ4n) is 2.64. The van der Waals surface area contributed by atoms with Gasteiger partial charge in [0.25, 0.3) is 0 Å². The van der Waals surface area contributed by atoms with Gasteiger partial charge in [0.15, 0.2) is 0 Å². The summed E-state index contributed by atoms with van der Waals surface area (Å²) < 4.78 is 0. The van der Waals surface area contributed by atoms with E-state index in [4.69, 9.17) is 5.73 Å². The number of rotatable bonds is 4. The van der Waals surface area contributed by atoms with Gasteiger partial charge in [-0.1, -0.05) is 19.9 Å². The van der Waals surface area contributed by atoms with Crippen molar-refractivity contribution in [1.29, 1.82) is 0 Å². The molecular formula is C13H25N3O. The normalized spacial score (nSPS) is 25.8. The summed E-state index contributed by atoms with van der Waals surface area (Å²) in [6.45, 7) is 11.0. The number of likely N-dealkylation sites (N-methyl/N-ethyl adjacent to an activating group) is 1. The Morgan fingerprint density at radius 3 is 2.71 bits per heavy atom. The Bertz CT molecular complexity index is 288. The van der Waals surface area contributed by atoms with Crippen molar-refractivity contribution in [2.45, 2.75) is 26.3 Å². The first-order valence-electron chi connectivity index (χ1n) is 6.21. The average molecular weight is 239 g/mol. The first-order chi connectivity index (χ1) is 7.91. The second-order valence-corrected chi connectivity index (χ2v) is 5.68. The summed E-state index contributed by atoms with van der Waals surface area (Å²) in [7, 11) is 2.01. The maximum absolute atomic E-state index is 12.4. The Labute approximate surface area is 104 Å². The SMILES string of the molecule is C=CCN1CC(C)(C)CN(C)C(CCN)C1=O. The highest BCUT2D eigenvalue weighted by molar-refractivity contribution is 5.82. The number of hydrogen-bond acceptors (Lipinski definition) is 3. The van der Waals surface area contributed by atoms with E-state index in [0.29, 0.717) is 13.1 Å². The quantitative estimate of drug-likeness (QED) is 0.734. The van der Waals surface area contributed by atoms with Gasteiger partial charge >= 0.3 is 0 Å². The molecule has 0 radical (unpaired) electrons. The van der Waals surface area contributed by atoms with Gasteiger partial charge in [0.05, 0.1) is 6.04 Å². The number of carbonyl (C=O) groups excluding carboxylic acids is 1. The topological polar surface area (TPSA) is 49.6 Å². The molecule has 1 amide bonds. The number of hydrogen-bond donors (Lipinski definition) is 1. The molecule has 0 saturated carbocycles. The molecular weight excluding hydrogens is 214 g/mol. The third-order valence-corrected chi connectivity index (χ3v) is 3.21. The van der Waals surface area contributed by atoms with Gasteiger partial charge in [0.1, 0.15) is 0 Å². The maximum atomic E-state index is 12.4. The molecule has 2 N–H and O–H groups in total. The van der Waals surface area contributed by atoms with Crippen LogP contribution in [0.3, 0.4) is 0 Å². The van der Waals surface area contributed by atoms with Crippen molar-refractivity contribution in [3.8, 4) is 0 Å². The Hall–Kier alpha value is -0.870. The van der Waals surface area contributed by atoms with Gasteiger partial charge in [-0.15, -0.1) is 6.58 Å². The van der Waals surface area contributed by atoms with Crippen molar-refractivity contribution in [2.24, 2.45) is 11.1 Å². The van der Waals surface area contributed by atoms with Crippen LogP contribution in [0, 0.1) is 5.41 Å². The van der Waals surface area contributed by atoms with Crippen LogP contribution in [0.5, 0.6) is 0 Å². The van der Waals surface area contributed by atoms with Crippen LogP contribution in [0.1, 0.15) is 20.3 Å². The van der Waals surface area contributed by atoms with Crippen molar-refractivity contribution >= 4 is 5.91 Å². The first kappa shape index (κ1) is 14.2. The average Bonchev–Trinajstić information content (AvgIpc) is 2.29. The van der Waals surface area contributed by atoms with Gasteiger partial charge in [-0.05, 0) is 25.4 Å². The van der Waals surface area contributed by atoms with Crippen LogP contribution in [-0.2, 0) is 4.79 Å². The smallest absolute Gasteiger partial charge is 0.240 e. The molecule has 4 nitrogen and oxygen atoms in total. The molecule has 0 aromatic rings. The molecule has 1 saturated heterocycles. The van der Waals surface area contributed by atoms with Crippen LogP contribution in [0.4, 0.5) is 0 Å². The Kier molecular flexibility index (Phi) is 4.71. The van der Waals surface area contributed by atoms with E-state index in [9.17, 15) is 4.79 Å². The molecule has 0 aromatic carbocycles. The van der Waals surface area contributed by atoms with Gasteiger partial charge in [0.2, 0.25) is 5.91 Å². The zero-order chi connectivity index (χ0) is 13.1. The molecule has 98 valence electrons. The molecule has 1 rings (SSSR count). The fraction of sp³-hybridized carbons (Fsp3) is 0.769. The van der Waals surface area contributed by atoms with E-state index < -0.39 is 0 Å². The summed E-state index contributed by atoms with van der Waals surface area (Å²) in [4.78, 5) is 16.4. The van der Waals surface area contributed by atoms with Crippen molar-refractivity contribution < 1.29 is 4.79 Å². The van der Waals surface area contributed by atoms with E-state index in [0.717, 1.165) is 19.5 Å². The predicted molar refractivity (Wildman–Crippen MR) is 70.6 cm³/mol. The molecule has 1 heterocycles. The van der Waals surface area contributed by atoms with Crippen LogP contribution in [-0.4, -0.2) is 55.0 Å². The standard InChI is InChI=1S/C13H25N3O/c1-5-8-16-10-13(2,3)9-15(4)11(6-7-14)12(16)17/h5,11H,1,6-10,14H2,2-4H3. The maximum Gasteiger partial charge on any atom is 0.240 e. The van der Waals surface area contributed by atoms with E-state index in [1.165, 1.54) is 0 Å². The third-order valence-electron chi connectivity index (χ3n) is 3.21. The Balaban J connectivity index is 2.92. The molecule has 0 spiro atoms. The van der Waals surface area contributed by atoms with E-state index in [-0.39, 0.29) is 17.4 Å². The molecule has 0 bridgehead atoms. The van der Waals surface area contributed by atoms with Gasteiger partial charge < -0.3 is 10.6 Å². The van der Waals surface area contributed by atoms with E-state index in [2.05, 4.69) is 25.3 Å². The lowest BCUT2D eigenvalue weighted by atomic mass is 9.92. The summed E-state index contributed by atoms with van der Waals surface area (Å²) >= 11 is 0. The molecule has 4 heteroatoms. The second-order valence-electron chi connectivity index (χ2n) is 5.68. The number of amides is 1. The predicted octanol–water partition coefficient (Wildman–Crippen LogP) is 0.690. The van der Waals surface area contributed by atoms with Crippen molar-refractivity contribution in [1.82, 2.24) is 9.80 Å². The van der Waals surface area contributed by atoms with Crippen LogP contribution in [0.15, 0.2) is 12.7 Å². The lowest BCUT2D eigenvalue weighted by Gasteiger charge is -2.29. The van der Waals surface area contributed by atoms with Crippen molar-refractivity contribution in [2.75, 3.05) is 33.2 Å². The van der Waals surface area contributed by atoms with Crippen LogP contribution in [0.2, 0.25) is 0 Å². The minimum atomic E-state index is -0.0817. The van der Waals surface area contributed by atoms with Crippen molar-refractivity contribution in [3.63, 3.8) is 0 Å². The van der Waals surface area contributed by atoms with E-state index >= 15 is 0 Å². The monoisotopic (exact) mass is 239 g/mol. The van der Waals surface area contributed by atoms with Crippen molar-refractivity contribution in [3.05, 3.63) is 12.7 Å².